The topological polar surface area (TPSA) is 107 Å². The fourth-order valence-electron chi connectivity index (χ4n) is 1.32. The molecule has 9 heteroatoms. The summed E-state index contributed by atoms with van der Waals surface area (Å²) >= 11 is 1.45. The summed E-state index contributed by atoms with van der Waals surface area (Å²) in [6, 6.07) is 1.72. The van der Waals surface area contributed by atoms with Crippen molar-refractivity contribution in [3.05, 3.63) is 18.2 Å². The monoisotopic (exact) mass is 266 g/mol. The Morgan fingerprint density at radius 2 is 2.17 bits per heavy atom. The summed E-state index contributed by atoms with van der Waals surface area (Å²) in [7, 11) is 1.82. The van der Waals surface area contributed by atoms with Crippen molar-refractivity contribution in [3.8, 4) is 0 Å². The van der Waals surface area contributed by atoms with E-state index in [4.69, 9.17) is 5.84 Å². The Labute approximate surface area is 108 Å². The lowest BCUT2D eigenvalue weighted by molar-refractivity contribution is 0.746. The number of anilines is 2. The molecule has 0 aromatic carbocycles. The number of nitrogens with two attached hydrogens (primary N) is 1. The van der Waals surface area contributed by atoms with Gasteiger partial charge in [-0.05, 0) is 6.26 Å². The van der Waals surface area contributed by atoms with Gasteiger partial charge in [0.1, 0.15) is 18.0 Å². The third-order valence-electron chi connectivity index (χ3n) is 2.11. The molecule has 2 aromatic heterocycles. The predicted octanol–water partition coefficient (Wildman–Crippen LogP) is 0.225. The summed E-state index contributed by atoms with van der Waals surface area (Å²) in [4.78, 5) is 12.6. The zero-order chi connectivity index (χ0) is 13.0. The molecule has 0 aliphatic carbocycles. The maximum atomic E-state index is 5.35. The van der Waals surface area contributed by atoms with Crippen molar-refractivity contribution in [3.63, 3.8) is 0 Å². The molecule has 0 amide bonds. The van der Waals surface area contributed by atoms with Crippen molar-refractivity contribution in [1.82, 2.24) is 24.7 Å². The number of nitrogens with zero attached hydrogens (tertiary/aromatic N) is 5. The van der Waals surface area contributed by atoms with E-state index in [0.29, 0.717) is 29.2 Å². The van der Waals surface area contributed by atoms with Crippen LogP contribution in [-0.4, -0.2) is 31.0 Å². The number of thioether (sulfide) groups is 1. The normalized spacial score (nSPS) is 10.4. The first-order valence-corrected chi connectivity index (χ1v) is 6.42. The Morgan fingerprint density at radius 1 is 1.39 bits per heavy atom. The molecule has 0 saturated heterocycles. The molecule has 0 atom stereocenters. The molecule has 0 radical (unpaired) electrons. The van der Waals surface area contributed by atoms with Crippen LogP contribution in [0, 0.1) is 0 Å². The largest absolute Gasteiger partial charge is 0.362 e. The minimum absolute atomic E-state index is 0.496. The first-order valence-electron chi connectivity index (χ1n) is 5.19. The van der Waals surface area contributed by atoms with Gasteiger partial charge in [0.25, 0.3) is 0 Å². The van der Waals surface area contributed by atoms with Crippen molar-refractivity contribution >= 4 is 23.4 Å². The minimum atomic E-state index is 0.496. The number of hydrazine groups is 1. The maximum absolute atomic E-state index is 5.35. The van der Waals surface area contributed by atoms with Gasteiger partial charge >= 0.3 is 0 Å². The van der Waals surface area contributed by atoms with Gasteiger partial charge < -0.3 is 10.7 Å². The van der Waals surface area contributed by atoms with Gasteiger partial charge in [-0.1, -0.05) is 11.8 Å². The molecular weight excluding hydrogens is 252 g/mol. The van der Waals surface area contributed by atoms with E-state index in [-0.39, 0.29) is 0 Å². The second-order valence-corrected chi connectivity index (χ2v) is 4.23. The smallest absolute Gasteiger partial charge is 0.191 e. The molecule has 2 heterocycles. The third-order valence-corrected chi connectivity index (χ3v) is 2.66. The zero-order valence-electron chi connectivity index (χ0n) is 10.1. The summed E-state index contributed by atoms with van der Waals surface area (Å²) in [6.45, 7) is 0.496. The second kappa shape index (κ2) is 5.65. The van der Waals surface area contributed by atoms with Gasteiger partial charge in [-0.25, -0.2) is 20.8 Å². The quantitative estimate of drug-likeness (QED) is 0.305. The molecule has 0 aliphatic heterocycles. The molecule has 96 valence electrons. The molecule has 0 fully saturated rings. The van der Waals surface area contributed by atoms with Crippen molar-refractivity contribution in [1.29, 1.82) is 0 Å². The predicted molar refractivity (Wildman–Crippen MR) is 70.0 cm³/mol. The van der Waals surface area contributed by atoms with E-state index < -0.39 is 0 Å². The van der Waals surface area contributed by atoms with Gasteiger partial charge in [0.2, 0.25) is 0 Å². The average molecular weight is 266 g/mol. The number of aromatic nitrogens is 5. The molecule has 4 N–H and O–H groups in total. The molecule has 8 nitrogen and oxygen atoms in total. The van der Waals surface area contributed by atoms with Crippen molar-refractivity contribution < 1.29 is 0 Å². The highest BCUT2D eigenvalue weighted by Gasteiger charge is 2.04. The van der Waals surface area contributed by atoms with E-state index in [1.807, 2.05) is 13.3 Å². The average Bonchev–Trinajstić information content (AvgIpc) is 2.81. The molecule has 0 unspecified atom stereocenters. The lowest BCUT2D eigenvalue weighted by Crippen LogP contribution is -2.11. The Hall–Kier alpha value is -1.87. The van der Waals surface area contributed by atoms with Crippen LogP contribution < -0.4 is 16.6 Å². The van der Waals surface area contributed by atoms with Crippen molar-refractivity contribution in [2.75, 3.05) is 17.0 Å². The first kappa shape index (κ1) is 12.6. The van der Waals surface area contributed by atoms with Crippen molar-refractivity contribution in [2.45, 2.75) is 11.7 Å². The van der Waals surface area contributed by atoms with E-state index in [0.717, 1.165) is 0 Å². The Balaban J connectivity index is 2.08. The van der Waals surface area contributed by atoms with Crippen LogP contribution in [0.4, 0.5) is 11.6 Å². The molecular formula is C9H14N8S. The van der Waals surface area contributed by atoms with Gasteiger partial charge in [-0.3, -0.25) is 4.68 Å². The van der Waals surface area contributed by atoms with Crippen LogP contribution in [0.3, 0.4) is 0 Å². The van der Waals surface area contributed by atoms with E-state index in [2.05, 4.69) is 30.8 Å². The lowest BCUT2D eigenvalue weighted by atomic mass is 10.5. The van der Waals surface area contributed by atoms with E-state index >= 15 is 0 Å². The van der Waals surface area contributed by atoms with Gasteiger partial charge in [-0.15, -0.1) is 0 Å². The fraction of sp³-hybridized carbons (Fsp3) is 0.333. The van der Waals surface area contributed by atoms with E-state index in [1.165, 1.54) is 11.8 Å². The second-order valence-electron chi connectivity index (χ2n) is 3.46. The highest BCUT2D eigenvalue weighted by Crippen LogP contribution is 2.16. The molecule has 0 saturated carbocycles. The summed E-state index contributed by atoms with van der Waals surface area (Å²) in [5.41, 5.74) is 2.50. The number of nitrogen functional groups attached to an aromatic ring is 1. The molecule has 2 rings (SSSR count). The van der Waals surface area contributed by atoms with Gasteiger partial charge in [0, 0.05) is 13.1 Å². The third kappa shape index (κ3) is 3.08. The summed E-state index contributed by atoms with van der Waals surface area (Å²) in [6.07, 6.45) is 3.55. The van der Waals surface area contributed by atoms with Crippen LogP contribution in [-0.2, 0) is 13.6 Å². The van der Waals surface area contributed by atoms with Crippen LogP contribution in [0.25, 0.3) is 0 Å². The van der Waals surface area contributed by atoms with Gasteiger partial charge in [-0.2, -0.15) is 5.10 Å². The highest BCUT2D eigenvalue weighted by molar-refractivity contribution is 7.98. The number of rotatable bonds is 5. The van der Waals surface area contributed by atoms with Gasteiger partial charge in [0.15, 0.2) is 11.0 Å². The Bertz CT molecular complexity index is 503. The molecule has 2 aromatic rings. The summed E-state index contributed by atoms with van der Waals surface area (Å²) < 4.78 is 1.65. The maximum Gasteiger partial charge on any atom is 0.191 e. The number of aryl methyl sites for hydroxylation is 1. The Kier molecular flexibility index (Phi) is 3.95. The summed E-state index contributed by atoms with van der Waals surface area (Å²) in [5, 5.41) is 7.93. The van der Waals surface area contributed by atoms with E-state index in [1.54, 1.807) is 17.1 Å². The molecule has 0 aliphatic rings. The minimum Gasteiger partial charge on any atom is -0.362 e. The first-order chi connectivity index (χ1) is 8.71. The lowest BCUT2D eigenvalue weighted by Gasteiger charge is -2.07. The zero-order valence-corrected chi connectivity index (χ0v) is 10.9. The molecule has 18 heavy (non-hydrogen) atoms. The van der Waals surface area contributed by atoms with Crippen LogP contribution in [0.5, 0.6) is 0 Å². The van der Waals surface area contributed by atoms with E-state index in [9.17, 15) is 0 Å². The SMILES string of the molecule is CSc1nc(NN)cc(NCc2ncn(C)n2)n1. The molecule has 0 bridgehead atoms. The van der Waals surface area contributed by atoms with Gasteiger partial charge in [0.05, 0.1) is 6.54 Å². The van der Waals surface area contributed by atoms with Crippen molar-refractivity contribution in [2.24, 2.45) is 12.9 Å². The highest BCUT2D eigenvalue weighted by atomic mass is 32.2. The number of nitrogens with one attached hydrogen (secondary N) is 2. The van der Waals surface area contributed by atoms with Crippen LogP contribution in [0.1, 0.15) is 5.82 Å². The molecule has 0 spiro atoms. The van der Waals surface area contributed by atoms with Crippen LogP contribution in [0.15, 0.2) is 17.6 Å². The Morgan fingerprint density at radius 3 is 2.78 bits per heavy atom. The number of hydrogen-bond donors (Lipinski definition) is 3. The van der Waals surface area contributed by atoms with Crippen LogP contribution in [0.2, 0.25) is 0 Å². The summed E-state index contributed by atoms with van der Waals surface area (Å²) in [5.74, 6) is 7.28. The number of hydrogen-bond acceptors (Lipinski definition) is 8. The standard InChI is InChI=1S/C9H14N8S/c1-17-5-12-8(16-17)4-11-6-3-7(15-10)14-9(13-6)18-2/h3,5H,4,10H2,1-2H3,(H2,11,13,14,15). The van der Waals surface area contributed by atoms with Crippen LogP contribution >= 0.6 is 11.8 Å². The fourth-order valence-corrected chi connectivity index (χ4v) is 1.69.